The minimum atomic E-state index is -0.167. The molecule has 0 aliphatic heterocycles. The lowest BCUT2D eigenvalue weighted by Gasteiger charge is -2.13. The van der Waals surface area contributed by atoms with Crippen molar-refractivity contribution in [1.29, 1.82) is 0 Å². The van der Waals surface area contributed by atoms with Gasteiger partial charge in [-0.3, -0.25) is 4.79 Å². The summed E-state index contributed by atoms with van der Waals surface area (Å²) in [6.07, 6.45) is 1.78. The third kappa shape index (κ3) is 3.04. The molecule has 0 saturated heterocycles. The molecule has 0 spiro atoms. The number of rotatable bonds is 3. The zero-order chi connectivity index (χ0) is 14.9. The van der Waals surface area contributed by atoms with Crippen molar-refractivity contribution in [1.82, 2.24) is 4.57 Å². The number of carbonyl (C=O) groups is 1. The van der Waals surface area contributed by atoms with E-state index >= 15 is 0 Å². The Kier molecular flexibility index (Phi) is 4.18. The second-order valence-electron chi connectivity index (χ2n) is 5.10. The van der Waals surface area contributed by atoms with E-state index in [4.69, 9.17) is 5.73 Å². The predicted octanol–water partition coefficient (Wildman–Crippen LogP) is 3.97. The summed E-state index contributed by atoms with van der Waals surface area (Å²) in [5.74, 6) is -0.167. The van der Waals surface area contributed by atoms with Crippen molar-refractivity contribution in [2.45, 2.75) is 26.8 Å². The van der Waals surface area contributed by atoms with E-state index in [1.807, 2.05) is 43.5 Å². The van der Waals surface area contributed by atoms with Gasteiger partial charge in [-0.2, -0.15) is 0 Å². The van der Waals surface area contributed by atoms with Crippen molar-refractivity contribution >= 4 is 33.2 Å². The molecule has 20 heavy (non-hydrogen) atoms. The van der Waals surface area contributed by atoms with Gasteiger partial charge in [0.1, 0.15) is 5.69 Å². The van der Waals surface area contributed by atoms with Crippen molar-refractivity contribution < 1.29 is 4.79 Å². The molecule has 0 atom stereocenters. The number of nitrogens with zero attached hydrogens (tertiary/aromatic N) is 1. The van der Waals surface area contributed by atoms with Crippen molar-refractivity contribution in [3.05, 3.63) is 46.2 Å². The van der Waals surface area contributed by atoms with Crippen LogP contribution in [0.4, 0.5) is 11.4 Å². The molecule has 5 heteroatoms. The maximum Gasteiger partial charge on any atom is 0.272 e. The Bertz CT molecular complexity index is 647. The van der Waals surface area contributed by atoms with E-state index in [2.05, 4.69) is 21.2 Å². The molecule has 1 amide bonds. The van der Waals surface area contributed by atoms with Gasteiger partial charge in [0, 0.05) is 16.7 Å². The molecule has 0 saturated carbocycles. The molecule has 0 bridgehead atoms. The summed E-state index contributed by atoms with van der Waals surface area (Å²) in [4.78, 5) is 12.4. The highest BCUT2D eigenvalue weighted by molar-refractivity contribution is 9.10. The smallest absolute Gasteiger partial charge is 0.272 e. The summed E-state index contributed by atoms with van der Waals surface area (Å²) in [5, 5.41) is 2.90. The zero-order valence-electron chi connectivity index (χ0n) is 11.8. The first-order chi connectivity index (χ1) is 9.38. The Morgan fingerprint density at radius 2 is 2.05 bits per heavy atom. The highest BCUT2D eigenvalue weighted by Gasteiger charge is 2.15. The maximum atomic E-state index is 12.4. The van der Waals surface area contributed by atoms with Gasteiger partial charge in [-0.25, -0.2) is 0 Å². The van der Waals surface area contributed by atoms with E-state index in [1.54, 1.807) is 12.3 Å². The summed E-state index contributed by atoms with van der Waals surface area (Å²) in [6, 6.07) is 7.66. The van der Waals surface area contributed by atoms with Crippen molar-refractivity contribution in [3.63, 3.8) is 0 Å². The fourth-order valence-corrected chi connectivity index (χ4v) is 2.61. The number of aromatic nitrogens is 1. The molecule has 0 aliphatic carbocycles. The van der Waals surface area contributed by atoms with Crippen LogP contribution in [-0.2, 0) is 0 Å². The molecule has 0 aliphatic rings. The first-order valence-corrected chi connectivity index (χ1v) is 7.22. The summed E-state index contributed by atoms with van der Waals surface area (Å²) in [5.41, 5.74) is 8.81. The third-order valence-corrected chi connectivity index (χ3v) is 3.69. The average molecular weight is 336 g/mol. The van der Waals surface area contributed by atoms with Gasteiger partial charge in [0.05, 0.1) is 11.4 Å². The SMILES string of the molecule is Cc1ccc(NC(=O)c2cc(N)cn2C(C)C)c(Br)c1. The van der Waals surface area contributed by atoms with Crippen molar-refractivity contribution in [2.24, 2.45) is 0 Å². The van der Waals surface area contributed by atoms with Gasteiger partial charge < -0.3 is 15.6 Å². The van der Waals surface area contributed by atoms with Crippen molar-refractivity contribution in [2.75, 3.05) is 11.1 Å². The summed E-state index contributed by atoms with van der Waals surface area (Å²) >= 11 is 3.45. The Morgan fingerprint density at radius 3 is 2.65 bits per heavy atom. The first kappa shape index (κ1) is 14.7. The summed E-state index contributed by atoms with van der Waals surface area (Å²) < 4.78 is 2.73. The number of nitrogen functional groups attached to an aromatic ring is 1. The largest absolute Gasteiger partial charge is 0.397 e. The maximum absolute atomic E-state index is 12.4. The zero-order valence-corrected chi connectivity index (χ0v) is 13.4. The second-order valence-corrected chi connectivity index (χ2v) is 5.95. The van der Waals surface area contributed by atoms with Crippen LogP contribution in [-0.4, -0.2) is 10.5 Å². The van der Waals surface area contributed by atoms with Crippen LogP contribution in [0.1, 0.15) is 35.9 Å². The molecule has 0 fully saturated rings. The molecular weight excluding hydrogens is 318 g/mol. The number of nitrogens with one attached hydrogen (secondary N) is 1. The van der Waals surface area contributed by atoms with Gasteiger partial charge in [-0.1, -0.05) is 6.07 Å². The van der Waals surface area contributed by atoms with E-state index in [1.165, 1.54) is 0 Å². The number of nitrogens with two attached hydrogens (primary N) is 1. The van der Waals surface area contributed by atoms with E-state index in [9.17, 15) is 4.79 Å². The number of hydrogen-bond donors (Lipinski definition) is 2. The molecular formula is C15H18BrN3O. The predicted molar refractivity (Wildman–Crippen MR) is 86.1 cm³/mol. The van der Waals surface area contributed by atoms with Gasteiger partial charge in [0.15, 0.2) is 0 Å². The molecule has 2 aromatic rings. The summed E-state index contributed by atoms with van der Waals surface area (Å²) in [6.45, 7) is 6.02. The van der Waals surface area contributed by atoms with Crippen LogP contribution in [0.5, 0.6) is 0 Å². The molecule has 0 radical (unpaired) electrons. The monoisotopic (exact) mass is 335 g/mol. The Morgan fingerprint density at radius 1 is 1.35 bits per heavy atom. The van der Waals surface area contributed by atoms with Crippen LogP contribution in [0.2, 0.25) is 0 Å². The number of benzene rings is 1. The van der Waals surface area contributed by atoms with E-state index in [0.717, 1.165) is 15.7 Å². The minimum absolute atomic E-state index is 0.167. The lowest BCUT2D eigenvalue weighted by molar-refractivity contribution is 0.101. The number of hydrogen-bond acceptors (Lipinski definition) is 2. The van der Waals surface area contributed by atoms with Crippen LogP contribution in [0, 0.1) is 6.92 Å². The van der Waals surface area contributed by atoms with Gasteiger partial charge in [-0.15, -0.1) is 0 Å². The number of halogens is 1. The van der Waals surface area contributed by atoms with E-state index in [-0.39, 0.29) is 11.9 Å². The molecule has 3 N–H and O–H groups in total. The number of amides is 1. The van der Waals surface area contributed by atoms with E-state index in [0.29, 0.717) is 11.4 Å². The van der Waals surface area contributed by atoms with Gasteiger partial charge >= 0.3 is 0 Å². The van der Waals surface area contributed by atoms with Crippen LogP contribution in [0.3, 0.4) is 0 Å². The molecule has 106 valence electrons. The third-order valence-electron chi connectivity index (χ3n) is 3.03. The van der Waals surface area contributed by atoms with E-state index < -0.39 is 0 Å². The highest BCUT2D eigenvalue weighted by atomic mass is 79.9. The van der Waals surface area contributed by atoms with Crippen LogP contribution >= 0.6 is 15.9 Å². The molecule has 2 rings (SSSR count). The number of carbonyl (C=O) groups excluding carboxylic acids is 1. The normalized spacial score (nSPS) is 10.8. The fraction of sp³-hybridized carbons (Fsp3) is 0.267. The van der Waals surface area contributed by atoms with Gasteiger partial charge in [0.25, 0.3) is 5.91 Å². The fourth-order valence-electron chi connectivity index (χ4n) is 2.02. The van der Waals surface area contributed by atoms with Crippen LogP contribution in [0.25, 0.3) is 0 Å². The highest BCUT2D eigenvalue weighted by Crippen LogP contribution is 2.25. The summed E-state index contributed by atoms with van der Waals surface area (Å²) in [7, 11) is 0. The topological polar surface area (TPSA) is 60.1 Å². The molecule has 1 heterocycles. The Balaban J connectivity index is 2.28. The molecule has 4 nitrogen and oxygen atoms in total. The average Bonchev–Trinajstić information content (AvgIpc) is 2.75. The minimum Gasteiger partial charge on any atom is -0.397 e. The lowest BCUT2D eigenvalue weighted by Crippen LogP contribution is -2.18. The van der Waals surface area contributed by atoms with Crippen LogP contribution in [0.15, 0.2) is 34.9 Å². The molecule has 1 aromatic heterocycles. The quantitative estimate of drug-likeness (QED) is 0.891. The Labute approximate surface area is 127 Å². The van der Waals surface area contributed by atoms with Crippen LogP contribution < -0.4 is 11.1 Å². The number of anilines is 2. The number of aryl methyl sites for hydroxylation is 1. The van der Waals surface area contributed by atoms with Gasteiger partial charge in [0.2, 0.25) is 0 Å². The molecule has 0 unspecified atom stereocenters. The molecule has 1 aromatic carbocycles. The van der Waals surface area contributed by atoms with Crippen molar-refractivity contribution in [3.8, 4) is 0 Å². The standard InChI is InChI=1S/C15H18BrN3O/c1-9(2)19-8-11(17)7-14(19)15(20)18-13-5-4-10(3)6-12(13)16/h4-9H,17H2,1-3H3,(H,18,20). The lowest BCUT2D eigenvalue weighted by atomic mass is 10.2. The van der Waals surface area contributed by atoms with Gasteiger partial charge in [-0.05, 0) is 60.5 Å². The first-order valence-electron chi connectivity index (χ1n) is 6.43. The second kappa shape index (κ2) is 5.71. The Hall–Kier alpha value is -1.75.